The highest BCUT2D eigenvalue weighted by atomic mass is 32.1. The summed E-state index contributed by atoms with van der Waals surface area (Å²) >= 11 is 1.61. The van der Waals surface area contributed by atoms with Crippen LogP contribution in [0.1, 0.15) is 49.1 Å². The Morgan fingerprint density at radius 2 is 2.22 bits per heavy atom. The molecule has 98 valence electrons. The Hall–Kier alpha value is -1.27. The van der Waals surface area contributed by atoms with Crippen LogP contribution in [0.25, 0.3) is 0 Å². The number of aromatic nitrogens is 3. The van der Waals surface area contributed by atoms with E-state index in [4.69, 9.17) is 10.3 Å². The number of aryl methyl sites for hydroxylation is 1. The highest BCUT2D eigenvalue weighted by Gasteiger charge is 2.27. The van der Waals surface area contributed by atoms with Crippen molar-refractivity contribution in [1.82, 2.24) is 15.1 Å². The normalized spacial score (nSPS) is 14.7. The minimum absolute atomic E-state index is 0.507. The van der Waals surface area contributed by atoms with Crippen LogP contribution in [0.3, 0.4) is 0 Å². The monoisotopic (exact) mass is 266 g/mol. The maximum Gasteiger partial charge on any atom is 0.246 e. The molecule has 2 N–H and O–H groups in total. The highest BCUT2D eigenvalue weighted by Crippen LogP contribution is 2.22. The molecule has 0 saturated heterocycles. The van der Waals surface area contributed by atoms with Crippen LogP contribution in [0.5, 0.6) is 0 Å². The van der Waals surface area contributed by atoms with Crippen LogP contribution in [0.4, 0.5) is 0 Å². The summed E-state index contributed by atoms with van der Waals surface area (Å²) in [5.74, 6) is 1.15. The Labute approximate surface area is 110 Å². The van der Waals surface area contributed by atoms with Crippen molar-refractivity contribution in [1.29, 1.82) is 0 Å². The molecule has 6 heteroatoms. The molecule has 0 radical (unpaired) electrons. The van der Waals surface area contributed by atoms with Crippen molar-refractivity contribution in [3.8, 4) is 0 Å². The Morgan fingerprint density at radius 3 is 2.83 bits per heavy atom. The van der Waals surface area contributed by atoms with Gasteiger partial charge in [0.2, 0.25) is 5.89 Å². The SMILES string of the molecule is CCCC(C)(N)c1nc(Cc2nc(C)cs2)no1. The summed E-state index contributed by atoms with van der Waals surface area (Å²) in [7, 11) is 0. The average Bonchev–Trinajstić information content (AvgIpc) is 2.89. The molecule has 0 bridgehead atoms. The molecular weight excluding hydrogens is 248 g/mol. The lowest BCUT2D eigenvalue weighted by Gasteiger charge is -2.18. The van der Waals surface area contributed by atoms with Crippen molar-refractivity contribution in [2.45, 2.75) is 45.6 Å². The third-order valence-electron chi connectivity index (χ3n) is 2.70. The van der Waals surface area contributed by atoms with E-state index >= 15 is 0 Å². The van der Waals surface area contributed by atoms with Crippen LogP contribution < -0.4 is 5.73 Å². The minimum atomic E-state index is -0.543. The van der Waals surface area contributed by atoms with Gasteiger partial charge in [0, 0.05) is 11.1 Å². The molecule has 2 heterocycles. The van der Waals surface area contributed by atoms with Crippen LogP contribution in [0, 0.1) is 6.92 Å². The molecular formula is C12H18N4OS. The maximum absolute atomic E-state index is 6.15. The van der Waals surface area contributed by atoms with Gasteiger partial charge in [-0.25, -0.2) is 4.98 Å². The number of rotatable bonds is 5. The van der Waals surface area contributed by atoms with E-state index in [2.05, 4.69) is 22.0 Å². The van der Waals surface area contributed by atoms with Gasteiger partial charge >= 0.3 is 0 Å². The molecule has 2 aromatic heterocycles. The van der Waals surface area contributed by atoms with Crippen molar-refractivity contribution in [2.24, 2.45) is 5.73 Å². The van der Waals surface area contributed by atoms with E-state index in [-0.39, 0.29) is 0 Å². The predicted octanol–water partition coefficient (Wildman–Crippen LogP) is 2.40. The summed E-state index contributed by atoms with van der Waals surface area (Å²) in [4.78, 5) is 8.75. The molecule has 2 aromatic rings. The lowest BCUT2D eigenvalue weighted by atomic mass is 9.98. The lowest BCUT2D eigenvalue weighted by Crippen LogP contribution is -2.33. The van der Waals surface area contributed by atoms with Crippen molar-refractivity contribution < 1.29 is 4.52 Å². The van der Waals surface area contributed by atoms with Gasteiger partial charge in [-0.3, -0.25) is 0 Å². The summed E-state index contributed by atoms with van der Waals surface area (Å²) in [5.41, 5.74) is 6.63. The van der Waals surface area contributed by atoms with Crippen molar-refractivity contribution in [3.05, 3.63) is 27.8 Å². The summed E-state index contributed by atoms with van der Waals surface area (Å²) in [6, 6.07) is 0. The van der Waals surface area contributed by atoms with E-state index in [1.165, 1.54) is 0 Å². The van der Waals surface area contributed by atoms with Crippen molar-refractivity contribution in [2.75, 3.05) is 0 Å². The third-order valence-corrected chi connectivity index (χ3v) is 3.67. The van der Waals surface area contributed by atoms with E-state index in [0.29, 0.717) is 18.1 Å². The van der Waals surface area contributed by atoms with Crippen LogP contribution >= 0.6 is 11.3 Å². The second kappa shape index (κ2) is 5.16. The zero-order valence-electron chi connectivity index (χ0n) is 10.9. The number of nitrogens with zero attached hydrogens (tertiary/aromatic N) is 3. The highest BCUT2D eigenvalue weighted by molar-refractivity contribution is 7.09. The summed E-state index contributed by atoms with van der Waals surface area (Å²) in [5, 5.41) is 6.98. The van der Waals surface area contributed by atoms with E-state index in [9.17, 15) is 0 Å². The minimum Gasteiger partial charge on any atom is -0.337 e. The van der Waals surface area contributed by atoms with E-state index in [1.54, 1.807) is 11.3 Å². The summed E-state index contributed by atoms with van der Waals surface area (Å²) in [6.45, 7) is 5.97. The molecule has 0 aromatic carbocycles. The first-order valence-corrected chi connectivity index (χ1v) is 6.92. The topological polar surface area (TPSA) is 77.8 Å². The molecule has 0 spiro atoms. The number of hydrogen-bond acceptors (Lipinski definition) is 6. The Kier molecular flexibility index (Phi) is 3.77. The van der Waals surface area contributed by atoms with Gasteiger partial charge in [-0.1, -0.05) is 18.5 Å². The average molecular weight is 266 g/mol. The van der Waals surface area contributed by atoms with Crippen molar-refractivity contribution in [3.63, 3.8) is 0 Å². The first-order chi connectivity index (χ1) is 8.51. The molecule has 18 heavy (non-hydrogen) atoms. The molecule has 0 aliphatic carbocycles. The van der Waals surface area contributed by atoms with Gasteiger partial charge in [0.1, 0.15) is 5.01 Å². The Balaban J connectivity index is 2.11. The molecule has 5 nitrogen and oxygen atoms in total. The molecule has 0 amide bonds. The predicted molar refractivity (Wildman–Crippen MR) is 70.4 cm³/mol. The molecule has 1 unspecified atom stereocenters. The Morgan fingerprint density at radius 1 is 1.44 bits per heavy atom. The lowest BCUT2D eigenvalue weighted by molar-refractivity contribution is 0.282. The van der Waals surface area contributed by atoms with Gasteiger partial charge in [-0.05, 0) is 20.3 Å². The van der Waals surface area contributed by atoms with Gasteiger partial charge in [0.15, 0.2) is 5.82 Å². The molecule has 2 rings (SSSR count). The molecule has 0 fully saturated rings. The smallest absolute Gasteiger partial charge is 0.246 e. The number of thiazole rings is 1. The second-order valence-corrected chi connectivity index (χ2v) is 5.69. The first kappa shape index (κ1) is 13.2. The van der Waals surface area contributed by atoms with Gasteiger partial charge in [-0.2, -0.15) is 4.98 Å². The zero-order valence-corrected chi connectivity index (χ0v) is 11.8. The fourth-order valence-corrected chi connectivity index (χ4v) is 2.57. The fraction of sp³-hybridized carbons (Fsp3) is 0.583. The van der Waals surface area contributed by atoms with Gasteiger partial charge in [0.05, 0.1) is 12.0 Å². The zero-order chi connectivity index (χ0) is 13.2. The van der Waals surface area contributed by atoms with Gasteiger partial charge in [-0.15, -0.1) is 11.3 Å². The van der Waals surface area contributed by atoms with E-state index < -0.39 is 5.54 Å². The quantitative estimate of drug-likeness (QED) is 0.899. The van der Waals surface area contributed by atoms with Crippen LogP contribution in [0.2, 0.25) is 0 Å². The second-order valence-electron chi connectivity index (χ2n) is 4.74. The van der Waals surface area contributed by atoms with Crippen LogP contribution in [-0.4, -0.2) is 15.1 Å². The van der Waals surface area contributed by atoms with E-state index in [0.717, 1.165) is 23.5 Å². The fourth-order valence-electron chi connectivity index (χ4n) is 1.80. The third kappa shape index (κ3) is 2.94. The maximum atomic E-state index is 6.15. The number of nitrogens with two attached hydrogens (primary N) is 1. The van der Waals surface area contributed by atoms with Crippen molar-refractivity contribution >= 4 is 11.3 Å². The summed E-state index contributed by atoms with van der Waals surface area (Å²) in [6.07, 6.45) is 2.41. The Bertz CT molecular complexity index is 518. The molecule has 0 aliphatic rings. The molecule has 0 aliphatic heterocycles. The first-order valence-electron chi connectivity index (χ1n) is 6.04. The largest absolute Gasteiger partial charge is 0.337 e. The molecule has 1 atom stereocenters. The molecule has 0 saturated carbocycles. The van der Waals surface area contributed by atoms with Crippen LogP contribution in [0.15, 0.2) is 9.90 Å². The van der Waals surface area contributed by atoms with E-state index in [1.807, 2.05) is 19.2 Å². The van der Waals surface area contributed by atoms with Gasteiger partial charge < -0.3 is 10.3 Å². The standard InChI is InChI=1S/C12H18N4OS/c1-4-5-12(3,13)11-15-9(16-17-11)6-10-14-8(2)7-18-10/h7H,4-6,13H2,1-3H3. The van der Waals surface area contributed by atoms with Gasteiger partial charge in [0.25, 0.3) is 0 Å². The van der Waals surface area contributed by atoms with Crippen LogP contribution in [-0.2, 0) is 12.0 Å². The number of hydrogen-bond donors (Lipinski definition) is 1. The summed E-state index contributed by atoms with van der Waals surface area (Å²) < 4.78 is 5.25.